The van der Waals surface area contributed by atoms with Crippen LogP contribution < -0.4 is 5.32 Å². The summed E-state index contributed by atoms with van der Waals surface area (Å²) in [6.45, 7) is 3.61. The highest BCUT2D eigenvalue weighted by Crippen LogP contribution is 2.15. The highest BCUT2D eigenvalue weighted by Gasteiger charge is 2.12. The predicted molar refractivity (Wildman–Crippen MR) is 52.1 cm³/mol. The zero-order chi connectivity index (χ0) is 10.0. The molecular formula is C9H11ClN2O. The first-order valence-electron chi connectivity index (χ1n) is 3.92. The quantitative estimate of drug-likeness (QED) is 0.699. The minimum absolute atomic E-state index is 0.126. The minimum Gasteiger partial charge on any atom is -0.355 e. The Morgan fingerprint density at radius 1 is 1.54 bits per heavy atom. The molecule has 0 spiro atoms. The number of carbonyl (C=O) groups is 1. The lowest BCUT2D eigenvalue weighted by Gasteiger charge is -2.07. The number of amides is 1. The second-order valence-electron chi connectivity index (χ2n) is 2.80. The lowest BCUT2D eigenvalue weighted by molar-refractivity contribution is 0.0961. The zero-order valence-corrected chi connectivity index (χ0v) is 8.57. The molecule has 4 heteroatoms. The van der Waals surface area contributed by atoms with Crippen molar-refractivity contribution in [2.75, 3.05) is 7.05 Å². The van der Waals surface area contributed by atoms with Crippen molar-refractivity contribution in [3.05, 3.63) is 28.0 Å². The first-order valence-corrected chi connectivity index (χ1v) is 4.30. The van der Waals surface area contributed by atoms with Crippen molar-refractivity contribution in [2.24, 2.45) is 0 Å². The van der Waals surface area contributed by atoms with Gasteiger partial charge in [-0.05, 0) is 25.5 Å². The van der Waals surface area contributed by atoms with Crippen molar-refractivity contribution in [2.45, 2.75) is 13.8 Å². The summed E-state index contributed by atoms with van der Waals surface area (Å²) >= 11 is 5.73. The van der Waals surface area contributed by atoms with E-state index in [0.717, 1.165) is 5.56 Å². The second kappa shape index (κ2) is 3.75. The highest BCUT2D eigenvalue weighted by molar-refractivity contribution is 6.29. The van der Waals surface area contributed by atoms with Crippen molar-refractivity contribution in [3.8, 4) is 0 Å². The summed E-state index contributed by atoms with van der Waals surface area (Å²) in [7, 11) is 1.59. The lowest BCUT2D eigenvalue weighted by atomic mass is 10.1. The molecular weight excluding hydrogens is 188 g/mol. The molecule has 1 rings (SSSR count). The lowest BCUT2D eigenvalue weighted by Crippen LogP contribution is -2.20. The molecule has 0 atom stereocenters. The summed E-state index contributed by atoms with van der Waals surface area (Å²) in [6.07, 6.45) is 0. The van der Waals surface area contributed by atoms with Gasteiger partial charge in [-0.2, -0.15) is 0 Å². The minimum atomic E-state index is -0.126. The number of hydrogen-bond acceptors (Lipinski definition) is 2. The molecule has 70 valence electrons. The van der Waals surface area contributed by atoms with Gasteiger partial charge in [0.1, 0.15) is 5.15 Å². The fraction of sp³-hybridized carbons (Fsp3) is 0.333. The maximum Gasteiger partial charge on any atom is 0.253 e. The number of rotatable bonds is 1. The first kappa shape index (κ1) is 9.99. The molecule has 0 aliphatic carbocycles. The van der Waals surface area contributed by atoms with E-state index in [9.17, 15) is 4.79 Å². The Labute approximate surface area is 82.1 Å². The number of hydrogen-bond donors (Lipinski definition) is 1. The molecule has 0 radical (unpaired) electrons. The van der Waals surface area contributed by atoms with Gasteiger partial charge in [0.25, 0.3) is 5.91 Å². The van der Waals surface area contributed by atoms with Crippen LogP contribution in [0.2, 0.25) is 5.15 Å². The van der Waals surface area contributed by atoms with Gasteiger partial charge in [-0.3, -0.25) is 4.79 Å². The number of aromatic nitrogens is 1. The van der Waals surface area contributed by atoms with Crippen LogP contribution in [0.5, 0.6) is 0 Å². The van der Waals surface area contributed by atoms with Crippen molar-refractivity contribution < 1.29 is 4.79 Å². The summed E-state index contributed by atoms with van der Waals surface area (Å²) in [6, 6.07) is 1.68. The van der Waals surface area contributed by atoms with E-state index >= 15 is 0 Å². The van der Waals surface area contributed by atoms with Crippen LogP contribution in [0.15, 0.2) is 6.07 Å². The molecule has 0 bridgehead atoms. The molecule has 0 aliphatic rings. The Kier molecular flexibility index (Phi) is 2.88. The first-order chi connectivity index (χ1) is 6.06. The molecule has 0 saturated carbocycles. The van der Waals surface area contributed by atoms with Gasteiger partial charge in [-0.1, -0.05) is 11.6 Å². The number of nitrogens with one attached hydrogen (secondary N) is 1. The Bertz CT molecular complexity index is 326. The highest BCUT2D eigenvalue weighted by atomic mass is 35.5. The molecule has 0 aliphatic heterocycles. The third-order valence-electron chi connectivity index (χ3n) is 1.82. The molecule has 1 amide bonds. The number of nitrogens with zero attached hydrogens (tertiary/aromatic N) is 1. The molecule has 1 aromatic heterocycles. The van der Waals surface area contributed by atoms with Gasteiger partial charge < -0.3 is 5.32 Å². The standard InChI is InChI=1S/C9H11ClN2O/c1-5-4-7(10)12-6(2)8(5)9(13)11-3/h4H,1-3H3,(H,11,13). The third-order valence-corrected chi connectivity index (χ3v) is 2.01. The van der Waals surface area contributed by atoms with Crippen LogP contribution in [-0.4, -0.2) is 17.9 Å². The van der Waals surface area contributed by atoms with Crippen LogP contribution in [0, 0.1) is 13.8 Å². The van der Waals surface area contributed by atoms with E-state index in [1.54, 1.807) is 20.0 Å². The monoisotopic (exact) mass is 198 g/mol. The number of pyridine rings is 1. The van der Waals surface area contributed by atoms with Gasteiger partial charge in [-0.25, -0.2) is 4.98 Å². The van der Waals surface area contributed by atoms with Crippen molar-refractivity contribution in [1.82, 2.24) is 10.3 Å². The van der Waals surface area contributed by atoms with E-state index in [2.05, 4.69) is 10.3 Å². The fourth-order valence-corrected chi connectivity index (χ4v) is 1.54. The van der Waals surface area contributed by atoms with Crippen molar-refractivity contribution in [1.29, 1.82) is 0 Å². The SMILES string of the molecule is CNC(=O)c1c(C)cc(Cl)nc1C. The van der Waals surface area contributed by atoms with E-state index in [1.165, 1.54) is 0 Å². The average Bonchev–Trinajstić information content (AvgIpc) is 2.02. The molecule has 1 heterocycles. The van der Waals surface area contributed by atoms with Gasteiger partial charge in [0.05, 0.1) is 11.3 Å². The van der Waals surface area contributed by atoms with E-state index in [-0.39, 0.29) is 5.91 Å². The van der Waals surface area contributed by atoms with Crippen LogP contribution in [-0.2, 0) is 0 Å². The topological polar surface area (TPSA) is 42.0 Å². The summed E-state index contributed by atoms with van der Waals surface area (Å²) < 4.78 is 0. The largest absolute Gasteiger partial charge is 0.355 e. The van der Waals surface area contributed by atoms with Gasteiger partial charge in [0.2, 0.25) is 0 Å². The molecule has 0 unspecified atom stereocenters. The molecule has 3 nitrogen and oxygen atoms in total. The van der Waals surface area contributed by atoms with Gasteiger partial charge in [-0.15, -0.1) is 0 Å². The number of halogens is 1. The predicted octanol–water partition coefficient (Wildman–Crippen LogP) is 1.71. The molecule has 13 heavy (non-hydrogen) atoms. The molecule has 1 N–H and O–H groups in total. The molecule has 0 saturated heterocycles. The van der Waals surface area contributed by atoms with E-state index in [4.69, 9.17) is 11.6 Å². The molecule has 0 fully saturated rings. The van der Waals surface area contributed by atoms with Crippen LogP contribution in [0.25, 0.3) is 0 Å². The van der Waals surface area contributed by atoms with E-state index < -0.39 is 0 Å². The number of carbonyl (C=O) groups excluding carboxylic acids is 1. The van der Waals surface area contributed by atoms with Crippen LogP contribution in [0.4, 0.5) is 0 Å². The van der Waals surface area contributed by atoms with Gasteiger partial charge in [0.15, 0.2) is 0 Å². The summed E-state index contributed by atoms with van der Waals surface area (Å²) in [5.41, 5.74) is 2.10. The molecule has 0 aromatic carbocycles. The zero-order valence-electron chi connectivity index (χ0n) is 7.81. The van der Waals surface area contributed by atoms with E-state index in [1.807, 2.05) is 6.92 Å². The maximum absolute atomic E-state index is 11.4. The maximum atomic E-state index is 11.4. The summed E-state index contributed by atoms with van der Waals surface area (Å²) in [4.78, 5) is 15.4. The Morgan fingerprint density at radius 3 is 2.62 bits per heavy atom. The van der Waals surface area contributed by atoms with Crippen molar-refractivity contribution >= 4 is 17.5 Å². The van der Waals surface area contributed by atoms with Crippen molar-refractivity contribution in [3.63, 3.8) is 0 Å². The summed E-state index contributed by atoms with van der Waals surface area (Å²) in [5, 5.41) is 2.98. The normalized spacial score (nSPS) is 9.85. The van der Waals surface area contributed by atoms with E-state index in [0.29, 0.717) is 16.4 Å². The summed E-state index contributed by atoms with van der Waals surface area (Å²) in [5.74, 6) is -0.126. The van der Waals surface area contributed by atoms with Crippen LogP contribution in [0.3, 0.4) is 0 Å². The number of aryl methyl sites for hydroxylation is 2. The Hall–Kier alpha value is -1.09. The van der Waals surface area contributed by atoms with Crippen LogP contribution in [0.1, 0.15) is 21.6 Å². The third kappa shape index (κ3) is 1.98. The fourth-order valence-electron chi connectivity index (χ4n) is 1.25. The molecule has 1 aromatic rings. The Balaban J connectivity index is 3.28. The van der Waals surface area contributed by atoms with Crippen LogP contribution >= 0.6 is 11.6 Å². The smallest absolute Gasteiger partial charge is 0.253 e. The second-order valence-corrected chi connectivity index (χ2v) is 3.19. The van der Waals surface area contributed by atoms with Gasteiger partial charge >= 0.3 is 0 Å². The van der Waals surface area contributed by atoms with Gasteiger partial charge in [0, 0.05) is 7.05 Å². The Morgan fingerprint density at radius 2 is 2.15 bits per heavy atom. The average molecular weight is 199 g/mol.